The van der Waals surface area contributed by atoms with Crippen LogP contribution in [-0.4, -0.2) is 25.7 Å². The standard InChI is InChI=1S/C19H30N2/c1-3-12-19(2,14-20-17-10-11-17)15-21-13-6-8-16-7-4-5-9-18(16)21/h4-5,7,9,17,20H,3,6,8,10-15H2,1-2H3. The van der Waals surface area contributed by atoms with Gasteiger partial charge in [-0.05, 0) is 49.1 Å². The van der Waals surface area contributed by atoms with Crippen molar-refractivity contribution in [2.75, 3.05) is 24.5 Å². The van der Waals surface area contributed by atoms with Crippen LogP contribution in [0.4, 0.5) is 5.69 Å². The lowest BCUT2D eigenvalue weighted by atomic mass is 9.84. The number of para-hydroxylation sites is 1. The Labute approximate surface area is 129 Å². The van der Waals surface area contributed by atoms with Crippen molar-refractivity contribution in [2.45, 2.75) is 58.4 Å². The summed E-state index contributed by atoms with van der Waals surface area (Å²) in [4.78, 5) is 2.64. The van der Waals surface area contributed by atoms with Gasteiger partial charge in [0.25, 0.3) is 0 Å². The van der Waals surface area contributed by atoms with Gasteiger partial charge in [0.15, 0.2) is 0 Å². The highest BCUT2D eigenvalue weighted by molar-refractivity contribution is 5.55. The Bertz CT molecular complexity index is 466. The van der Waals surface area contributed by atoms with Gasteiger partial charge in [0.05, 0.1) is 0 Å². The summed E-state index contributed by atoms with van der Waals surface area (Å²) < 4.78 is 0. The van der Waals surface area contributed by atoms with Crippen LogP contribution in [0.15, 0.2) is 24.3 Å². The summed E-state index contributed by atoms with van der Waals surface area (Å²) in [5.41, 5.74) is 3.41. The van der Waals surface area contributed by atoms with Crippen molar-refractivity contribution in [1.82, 2.24) is 5.32 Å². The third-order valence-corrected chi connectivity index (χ3v) is 5.03. The van der Waals surface area contributed by atoms with Crippen LogP contribution in [0, 0.1) is 5.41 Å². The Hall–Kier alpha value is -1.02. The molecule has 1 saturated carbocycles. The molecule has 0 amide bonds. The van der Waals surface area contributed by atoms with Crippen LogP contribution >= 0.6 is 0 Å². The highest BCUT2D eigenvalue weighted by Crippen LogP contribution is 2.32. The molecule has 3 rings (SSSR count). The van der Waals surface area contributed by atoms with Crippen molar-refractivity contribution < 1.29 is 0 Å². The molecular formula is C19H30N2. The third kappa shape index (κ3) is 3.79. The topological polar surface area (TPSA) is 15.3 Å². The molecule has 1 aliphatic carbocycles. The molecule has 0 aromatic heterocycles. The molecule has 116 valence electrons. The van der Waals surface area contributed by atoms with Gasteiger partial charge in [-0.3, -0.25) is 0 Å². The van der Waals surface area contributed by atoms with E-state index in [0.717, 1.165) is 6.04 Å². The lowest BCUT2D eigenvalue weighted by Gasteiger charge is -2.40. The lowest BCUT2D eigenvalue weighted by Crippen LogP contribution is -2.44. The first-order chi connectivity index (χ1) is 10.2. The van der Waals surface area contributed by atoms with E-state index in [1.165, 1.54) is 69.4 Å². The van der Waals surface area contributed by atoms with E-state index >= 15 is 0 Å². The normalized spacial score (nSPS) is 21.0. The average molecular weight is 286 g/mol. The molecule has 1 aliphatic heterocycles. The average Bonchev–Trinajstić information content (AvgIpc) is 3.30. The molecule has 1 aromatic carbocycles. The first-order valence-corrected chi connectivity index (χ1v) is 8.76. The van der Waals surface area contributed by atoms with Gasteiger partial charge < -0.3 is 10.2 Å². The molecule has 1 N–H and O–H groups in total. The van der Waals surface area contributed by atoms with Crippen LogP contribution in [-0.2, 0) is 6.42 Å². The molecule has 21 heavy (non-hydrogen) atoms. The molecule has 1 fully saturated rings. The molecule has 1 atom stereocenters. The Morgan fingerprint density at radius 1 is 1.29 bits per heavy atom. The second kappa shape index (κ2) is 6.39. The number of nitrogens with one attached hydrogen (secondary N) is 1. The van der Waals surface area contributed by atoms with E-state index in [4.69, 9.17) is 0 Å². The zero-order valence-electron chi connectivity index (χ0n) is 13.7. The number of aryl methyl sites for hydroxylation is 1. The quantitative estimate of drug-likeness (QED) is 0.815. The number of hydrogen-bond acceptors (Lipinski definition) is 2. The van der Waals surface area contributed by atoms with Crippen molar-refractivity contribution >= 4 is 5.69 Å². The Kier molecular flexibility index (Phi) is 4.54. The van der Waals surface area contributed by atoms with E-state index in [0.29, 0.717) is 5.41 Å². The summed E-state index contributed by atoms with van der Waals surface area (Å²) in [6.07, 6.45) is 7.90. The molecule has 1 aromatic rings. The van der Waals surface area contributed by atoms with E-state index in [9.17, 15) is 0 Å². The van der Waals surface area contributed by atoms with E-state index < -0.39 is 0 Å². The van der Waals surface area contributed by atoms with Crippen LogP contribution in [0.25, 0.3) is 0 Å². The molecule has 2 nitrogen and oxygen atoms in total. The van der Waals surface area contributed by atoms with Crippen molar-refractivity contribution in [1.29, 1.82) is 0 Å². The molecule has 1 heterocycles. The van der Waals surface area contributed by atoms with Gasteiger partial charge in [0, 0.05) is 31.4 Å². The van der Waals surface area contributed by atoms with E-state index in [1.54, 1.807) is 0 Å². The van der Waals surface area contributed by atoms with Gasteiger partial charge in [0.1, 0.15) is 0 Å². The Morgan fingerprint density at radius 2 is 2.10 bits per heavy atom. The number of anilines is 1. The van der Waals surface area contributed by atoms with Gasteiger partial charge in [-0.25, -0.2) is 0 Å². The summed E-state index contributed by atoms with van der Waals surface area (Å²) >= 11 is 0. The molecule has 2 aliphatic rings. The Balaban J connectivity index is 1.70. The van der Waals surface area contributed by atoms with Gasteiger partial charge >= 0.3 is 0 Å². The highest BCUT2D eigenvalue weighted by atomic mass is 15.1. The van der Waals surface area contributed by atoms with Crippen LogP contribution < -0.4 is 10.2 Å². The van der Waals surface area contributed by atoms with Crippen LogP contribution in [0.2, 0.25) is 0 Å². The predicted molar refractivity (Wildman–Crippen MR) is 91.0 cm³/mol. The lowest BCUT2D eigenvalue weighted by molar-refractivity contribution is 0.277. The van der Waals surface area contributed by atoms with Crippen molar-refractivity contribution in [3.63, 3.8) is 0 Å². The van der Waals surface area contributed by atoms with Crippen LogP contribution in [0.5, 0.6) is 0 Å². The summed E-state index contributed by atoms with van der Waals surface area (Å²) in [6, 6.07) is 9.81. The maximum Gasteiger partial charge on any atom is 0.0398 e. The monoisotopic (exact) mass is 286 g/mol. The summed E-state index contributed by atoms with van der Waals surface area (Å²) in [6.45, 7) is 8.38. The zero-order chi connectivity index (χ0) is 14.7. The van der Waals surface area contributed by atoms with E-state index in [-0.39, 0.29) is 0 Å². The molecule has 1 unspecified atom stereocenters. The zero-order valence-corrected chi connectivity index (χ0v) is 13.7. The number of hydrogen-bond donors (Lipinski definition) is 1. The maximum absolute atomic E-state index is 3.77. The van der Waals surface area contributed by atoms with Gasteiger partial charge in [0.2, 0.25) is 0 Å². The summed E-state index contributed by atoms with van der Waals surface area (Å²) in [7, 11) is 0. The number of nitrogens with zero attached hydrogens (tertiary/aromatic N) is 1. The summed E-state index contributed by atoms with van der Waals surface area (Å²) in [5.74, 6) is 0. The number of fused-ring (bicyclic) bond motifs is 1. The van der Waals surface area contributed by atoms with Crippen molar-refractivity contribution in [2.24, 2.45) is 5.41 Å². The van der Waals surface area contributed by atoms with Crippen LogP contribution in [0.1, 0.15) is 51.5 Å². The fourth-order valence-electron chi connectivity index (χ4n) is 3.74. The molecule has 0 radical (unpaired) electrons. The smallest absolute Gasteiger partial charge is 0.0398 e. The number of benzene rings is 1. The Morgan fingerprint density at radius 3 is 2.86 bits per heavy atom. The molecule has 0 bridgehead atoms. The molecule has 2 heteroatoms. The van der Waals surface area contributed by atoms with Crippen molar-refractivity contribution in [3.8, 4) is 0 Å². The second-order valence-corrected chi connectivity index (χ2v) is 7.37. The van der Waals surface area contributed by atoms with Gasteiger partial charge in [-0.2, -0.15) is 0 Å². The second-order valence-electron chi connectivity index (χ2n) is 7.37. The minimum Gasteiger partial charge on any atom is -0.371 e. The number of rotatable bonds is 7. The van der Waals surface area contributed by atoms with Crippen molar-refractivity contribution in [3.05, 3.63) is 29.8 Å². The third-order valence-electron chi connectivity index (χ3n) is 5.03. The highest BCUT2D eigenvalue weighted by Gasteiger charge is 2.31. The minimum absolute atomic E-state index is 0.391. The SMILES string of the molecule is CCCC(C)(CNC1CC1)CN1CCCc2ccccc21. The van der Waals surface area contributed by atoms with E-state index in [1.807, 2.05) is 0 Å². The minimum atomic E-state index is 0.391. The first-order valence-electron chi connectivity index (χ1n) is 8.76. The predicted octanol–water partition coefficient (Wildman–Crippen LogP) is 4.00. The molecule has 0 spiro atoms. The molecule has 0 saturated heterocycles. The maximum atomic E-state index is 3.77. The largest absolute Gasteiger partial charge is 0.371 e. The fraction of sp³-hybridized carbons (Fsp3) is 0.684. The van der Waals surface area contributed by atoms with Gasteiger partial charge in [-0.15, -0.1) is 0 Å². The molecular weight excluding hydrogens is 256 g/mol. The fourth-order valence-corrected chi connectivity index (χ4v) is 3.74. The van der Waals surface area contributed by atoms with Gasteiger partial charge in [-0.1, -0.05) is 38.5 Å². The first kappa shape index (κ1) is 14.9. The summed E-state index contributed by atoms with van der Waals surface area (Å²) in [5, 5.41) is 3.77. The van der Waals surface area contributed by atoms with Crippen LogP contribution in [0.3, 0.4) is 0 Å². The van der Waals surface area contributed by atoms with E-state index in [2.05, 4.69) is 48.3 Å².